The van der Waals surface area contributed by atoms with Crippen molar-refractivity contribution in [3.63, 3.8) is 0 Å². The molecule has 0 aliphatic rings. The number of rotatable bonds is 8. The van der Waals surface area contributed by atoms with Gasteiger partial charge in [-0.15, -0.1) is 0 Å². The molecule has 2 aromatic rings. The first-order chi connectivity index (χ1) is 11.1. The predicted molar refractivity (Wildman–Crippen MR) is 88.9 cm³/mol. The van der Waals surface area contributed by atoms with Crippen molar-refractivity contribution in [2.75, 3.05) is 20.2 Å². The van der Waals surface area contributed by atoms with Gasteiger partial charge in [0, 0.05) is 6.54 Å². The molecule has 23 heavy (non-hydrogen) atoms. The molecule has 5 nitrogen and oxygen atoms in total. The van der Waals surface area contributed by atoms with Gasteiger partial charge in [-0.25, -0.2) is 0 Å². The fraction of sp³-hybridized carbons (Fsp3) is 0.333. The average Bonchev–Trinajstić information content (AvgIpc) is 2.57. The van der Waals surface area contributed by atoms with E-state index in [1.807, 2.05) is 24.3 Å². The fourth-order valence-corrected chi connectivity index (χ4v) is 2.31. The second-order valence-electron chi connectivity index (χ2n) is 5.42. The van der Waals surface area contributed by atoms with Crippen LogP contribution in [0.1, 0.15) is 23.7 Å². The number of benzene rings is 2. The first-order valence-electron chi connectivity index (χ1n) is 7.63. The van der Waals surface area contributed by atoms with E-state index in [4.69, 9.17) is 4.74 Å². The van der Waals surface area contributed by atoms with E-state index in [1.54, 1.807) is 13.2 Å². The molecule has 0 aliphatic carbocycles. The Hall–Kier alpha value is -2.24. The minimum Gasteiger partial charge on any atom is -0.504 e. The van der Waals surface area contributed by atoms with Crippen LogP contribution in [-0.2, 0) is 6.42 Å². The molecule has 0 saturated heterocycles. The monoisotopic (exact) mass is 317 g/mol. The molecule has 0 bridgehead atoms. The lowest BCUT2D eigenvalue weighted by molar-refractivity contribution is 0.174. The summed E-state index contributed by atoms with van der Waals surface area (Å²) in [4.78, 5) is 0. The third kappa shape index (κ3) is 5.16. The summed E-state index contributed by atoms with van der Waals surface area (Å²) in [6, 6.07) is 12.3. The van der Waals surface area contributed by atoms with Crippen molar-refractivity contribution in [1.29, 1.82) is 0 Å². The summed E-state index contributed by atoms with van der Waals surface area (Å²) in [5.41, 5.74) is 1.82. The molecule has 0 spiro atoms. The van der Waals surface area contributed by atoms with E-state index < -0.39 is 6.10 Å². The number of phenolic OH excluding ortho intramolecular Hbond substituents is 2. The van der Waals surface area contributed by atoms with Crippen LogP contribution >= 0.6 is 0 Å². The van der Waals surface area contributed by atoms with Gasteiger partial charge in [0.1, 0.15) is 5.75 Å². The summed E-state index contributed by atoms with van der Waals surface area (Å²) >= 11 is 0. The summed E-state index contributed by atoms with van der Waals surface area (Å²) in [5, 5.41) is 31.9. The molecule has 0 heterocycles. The van der Waals surface area contributed by atoms with E-state index in [0.717, 1.165) is 25.1 Å². The van der Waals surface area contributed by atoms with Gasteiger partial charge in [0.15, 0.2) is 11.5 Å². The Kier molecular flexibility index (Phi) is 6.26. The van der Waals surface area contributed by atoms with Crippen molar-refractivity contribution >= 4 is 0 Å². The first kappa shape index (κ1) is 17.1. The number of aliphatic hydroxyl groups excluding tert-OH is 1. The highest BCUT2D eigenvalue weighted by Gasteiger charge is 2.09. The zero-order valence-electron chi connectivity index (χ0n) is 13.2. The van der Waals surface area contributed by atoms with Crippen molar-refractivity contribution < 1.29 is 20.1 Å². The molecule has 1 unspecified atom stereocenters. The predicted octanol–water partition coefficient (Wildman–Crippen LogP) is 2.36. The average molecular weight is 317 g/mol. The van der Waals surface area contributed by atoms with E-state index in [0.29, 0.717) is 12.1 Å². The maximum Gasteiger partial charge on any atom is 0.157 e. The molecule has 0 aliphatic heterocycles. The number of ether oxygens (including phenoxy) is 1. The molecular weight excluding hydrogens is 294 g/mol. The molecule has 2 aromatic carbocycles. The summed E-state index contributed by atoms with van der Waals surface area (Å²) < 4.78 is 5.12. The van der Waals surface area contributed by atoms with E-state index >= 15 is 0 Å². The van der Waals surface area contributed by atoms with Crippen LogP contribution in [0.15, 0.2) is 42.5 Å². The van der Waals surface area contributed by atoms with Gasteiger partial charge in [0.25, 0.3) is 0 Å². The molecule has 0 fully saturated rings. The third-order valence-electron chi connectivity index (χ3n) is 3.70. The summed E-state index contributed by atoms with van der Waals surface area (Å²) in [5.74, 6) is 0.446. The lowest BCUT2D eigenvalue weighted by Crippen LogP contribution is -2.22. The van der Waals surface area contributed by atoms with Crippen LogP contribution in [0.25, 0.3) is 0 Å². The van der Waals surface area contributed by atoms with Gasteiger partial charge >= 0.3 is 0 Å². The maximum atomic E-state index is 10.0. The summed E-state index contributed by atoms with van der Waals surface area (Å²) in [7, 11) is 1.65. The SMILES string of the molecule is COc1ccc(CCCNCC(O)c2ccc(O)c(O)c2)cc1. The van der Waals surface area contributed by atoms with Crippen LogP contribution in [0.4, 0.5) is 0 Å². The number of aryl methyl sites for hydroxylation is 1. The molecule has 2 rings (SSSR count). The van der Waals surface area contributed by atoms with Gasteiger partial charge in [-0.2, -0.15) is 0 Å². The summed E-state index contributed by atoms with van der Waals surface area (Å²) in [6.07, 6.45) is 1.19. The zero-order chi connectivity index (χ0) is 16.7. The molecule has 0 aromatic heterocycles. The molecular formula is C18H23NO4. The zero-order valence-corrected chi connectivity index (χ0v) is 13.2. The van der Waals surface area contributed by atoms with Crippen LogP contribution in [0, 0.1) is 0 Å². The maximum absolute atomic E-state index is 10.0. The van der Waals surface area contributed by atoms with E-state index in [1.165, 1.54) is 17.7 Å². The Balaban J connectivity index is 1.69. The Morgan fingerprint density at radius 2 is 1.78 bits per heavy atom. The second kappa shape index (κ2) is 8.41. The van der Waals surface area contributed by atoms with Crippen LogP contribution in [0.5, 0.6) is 17.2 Å². The van der Waals surface area contributed by atoms with Crippen molar-refractivity contribution in [2.24, 2.45) is 0 Å². The Bertz CT molecular complexity index is 613. The third-order valence-corrected chi connectivity index (χ3v) is 3.70. The largest absolute Gasteiger partial charge is 0.504 e. The number of aliphatic hydroxyl groups is 1. The Morgan fingerprint density at radius 3 is 2.43 bits per heavy atom. The van der Waals surface area contributed by atoms with Crippen LogP contribution in [-0.4, -0.2) is 35.5 Å². The lowest BCUT2D eigenvalue weighted by Gasteiger charge is -2.13. The number of hydrogen-bond acceptors (Lipinski definition) is 5. The number of aromatic hydroxyl groups is 2. The number of nitrogens with one attached hydrogen (secondary N) is 1. The van der Waals surface area contributed by atoms with Crippen molar-refractivity contribution in [1.82, 2.24) is 5.32 Å². The van der Waals surface area contributed by atoms with E-state index in [2.05, 4.69) is 5.32 Å². The van der Waals surface area contributed by atoms with Crippen LogP contribution < -0.4 is 10.1 Å². The van der Waals surface area contributed by atoms with Crippen molar-refractivity contribution in [3.8, 4) is 17.2 Å². The fourth-order valence-electron chi connectivity index (χ4n) is 2.31. The first-order valence-corrected chi connectivity index (χ1v) is 7.63. The topological polar surface area (TPSA) is 82.0 Å². The smallest absolute Gasteiger partial charge is 0.157 e. The lowest BCUT2D eigenvalue weighted by atomic mass is 10.1. The quantitative estimate of drug-likeness (QED) is 0.444. The summed E-state index contributed by atoms with van der Waals surface area (Å²) in [6.45, 7) is 1.18. The van der Waals surface area contributed by atoms with Crippen LogP contribution in [0.3, 0.4) is 0 Å². The van der Waals surface area contributed by atoms with Crippen LogP contribution in [0.2, 0.25) is 0 Å². The number of hydrogen-bond donors (Lipinski definition) is 4. The van der Waals surface area contributed by atoms with Gasteiger partial charge in [-0.3, -0.25) is 0 Å². The number of phenols is 2. The molecule has 0 amide bonds. The highest BCUT2D eigenvalue weighted by molar-refractivity contribution is 5.41. The van der Waals surface area contributed by atoms with E-state index in [-0.39, 0.29) is 11.5 Å². The second-order valence-corrected chi connectivity index (χ2v) is 5.42. The van der Waals surface area contributed by atoms with Crippen molar-refractivity contribution in [3.05, 3.63) is 53.6 Å². The van der Waals surface area contributed by atoms with Gasteiger partial charge in [0.05, 0.1) is 13.2 Å². The normalized spacial score (nSPS) is 12.1. The van der Waals surface area contributed by atoms with E-state index in [9.17, 15) is 15.3 Å². The number of methoxy groups -OCH3 is 1. The molecule has 124 valence electrons. The van der Waals surface area contributed by atoms with Gasteiger partial charge < -0.3 is 25.4 Å². The molecule has 5 heteroatoms. The minimum absolute atomic E-state index is 0.187. The van der Waals surface area contributed by atoms with Gasteiger partial charge in [-0.05, 0) is 54.8 Å². The highest BCUT2D eigenvalue weighted by atomic mass is 16.5. The highest BCUT2D eigenvalue weighted by Crippen LogP contribution is 2.27. The standard InChI is InChI=1S/C18H23NO4/c1-23-15-7-4-13(5-8-15)3-2-10-19-12-18(22)14-6-9-16(20)17(21)11-14/h4-9,11,18-22H,2-3,10,12H2,1H3. The Labute approximate surface area is 136 Å². The van der Waals surface area contributed by atoms with Gasteiger partial charge in [0.2, 0.25) is 0 Å². The molecule has 0 saturated carbocycles. The molecule has 0 radical (unpaired) electrons. The minimum atomic E-state index is -0.720. The van der Waals surface area contributed by atoms with Crippen molar-refractivity contribution in [2.45, 2.75) is 18.9 Å². The molecule has 1 atom stereocenters. The molecule has 4 N–H and O–H groups in total. The van der Waals surface area contributed by atoms with Gasteiger partial charge in [-0.1, -0.05) is 18.2 Å². The Morgan fingerprint density at radius 1 is 1.04 bits per heavy atom.